The van der Waals surface area contributed by atoms with E-state index in [2.05, 4.69) is 148 Å². The van der Waals surface area contributed by atoms with E-state index in [0.29, 0.717) is 0 Å². The Kier molecular flexibility index (Phi) is 8.38. The van der Waals surface area contributed by atoms with Crippen molar-refractivity contribution in [3.63, 3.8) is 0 Å². The molecule has 0 saturated carbocycles. The molecule has 242 valence electrons. The summed E-state index contributed by atoms with van der Waals surface area (Å²) in [7, 11) is 0. The van der Waals surface area contributed by atoms with Crippen molar-refractivity contribution in [2.24, 2.45) is 0 Å². The number of fused-ring (bicyclic) bond motifs is 3. The van der Waals surface area contributed by atoms with E-state index in [1.54, 1.807) is 0 Å². The van der Waals surface area contributed by atoms with Crippen LogP contribution in [0.25, 0.3) is 44.4 Å². The number of nitrogens with zero attached hydrogens (tertiary/aromatic N) is 4. The molecule has 0 amide bonds. The van der Waals surface area contributed by atoms with Crippen LogP contribution >= 0.6 is 0 Å². The summed E-state index contributed by atoms with van der Waals surface area (Å²) >= 11 is 0. The fourth-order valence-corrected chi connectivity index (χ4v) is 6.84. The van der Waals surface area contributed by atoms with E-state index in [1.807, 2.05) is 12.3 Å². The average Bonchev–Trinajstić information content (AvgIpc) is 3.65. The maximum Gasteiger partial charge on any atom is 0.137 e. The first-order valence-corrected chi connectivity index (χ1v) is 17.3. The van der Waals surface area contributed by atoms with Crippen LogP contribution in [0.4, 0.5) is 0 Å². The molecule has 0 aliphatic carbocycles. The van der Waals surface area contributed by atoms with Gasteiger partial charge in [0.1, 0.15) is 17.3 Å². The van der Waals surface area contributed by atoms with E-state index in [1.165, 1.54) is 38.7 Å². The van der Waals surface area contributed by atoms with Gasteiger partial charge >= 0.3 is 0 Å². The molecule has 7 rings (SSSR count). The predicted molar refractivity (Wildman–Crippen MR) is 199 cm³/mol. The average molecular weight is 633 g/mol. The first-order valence-electron chi connectivity index (χ1n) is 17.3. The van der Waals surface area contributed by atoms with Crippen molar-refractivity contribution in [1.82, 2.24) is 19.3 Å². The van der Waals surface area contributed by atoms with Crippen LogP contribution in [0.3, 0.4) is 0 Å². The maximum absolute atomic E-state index is 6.63. The van der Waals surface area contributed by atoms with E-state index in [0.717, 1.165) is 65.4 Å². The van der Waals surface area contributed by atoms with Crippen molar-refractivity contribution in [1.29, 1.82) is 0 Å². The number of ether oxygens (including phenoxy) is 1. The number of hydrogen-bond acceptors (Lipinski definition) is 3. The number of aryl methyl sites for hydroxylation is 3. The molecular weight excluding hydrogens is 589 g/mol. The SMILES string of the molecule is CCCc1nn(-c2cccc(Oc3ccc4c5ccccc5n(-c5cc(CC)ccn5)c4c3)c2)c(C(C)(C)C)c1-c1ccc(CC)cc1. The monoisotopic (exact) mass is 632 g/mol. The second-order valence-corrected chi connectivity index (χ2v) is 13.6. The zero-order chi connectivity index (χ0) is 33.4. The van der Waals surface area contributed by atoms with Crippen LogP contribution in [0.5, 0.6) is 11.5 Å². The minimum absolute atomic E-state index is 0.143. The highest BCUT2D eigenvalue weighted by molar-refractivity contribution is 6.09. The number of aromatic nitrogens is 4. The van der Waals surface area contributed by atoms with E-state index in [9.17, 15) is 0 Å². The Labute approximate surface area is 283 Å². The van der Waals surface area contributed by atoms with Crippen molar-refractivity contribution in [3.8, 4) is 34.1 Å². The molecule has 0 aliphatic rings. The normalized spacial score (nSPS) is 11.9. The lowest BCUT2D eigenvalue weighted by molar-refractivity contribution is 0.482. The minimum atomic E-state index is -0.143. The Hall–Kier alpha value is -5.16. The van der Waals surface area contributed by atoms with Crippen LogP contribution in [-0.4, -0.2) is 19.3 Å². The largest absolute Gasteiger partial charge is 0.457 e. The molecule has 7 aromatic rings. The van der Waals surface area contributed by atoms with Gasteiger partial charge in [0.15, 0.2) is 0 Å². The Morgan fingerprint density at radius 1 is 0.688 bits per heavy atom. The van der Waals surface area contributed by atoms with Gasteiger partial charge in [0, 0.05) is 40.1 Å². The van der Waals surface area contributed by atoms with Crippen molar-refractivity contribution in [3.05, 3.63) is 132 Å². The number of rotatable bonds is 9. The van der Waals surface area contributed by atoms with Gasteiger partial charge in [0.2, 0.25) is 0 Å². The van der Waals surface area contributed by atoms with Crippen molar-refractivity contribution in [2.45, 2.75) is 72.6 Å². The highest BCUT2D eigenvalue weighted by atomic mass is 16.5. The van der Waals surface area contributed by atoms with Gasteiger partial charge in [-0.05, 0) is 78.4 Å². The molecule has 0 bridgehead atoms. The summed E-state index contributed by atoms with van der Waals surface area (Å²) in [6.07, 6.45) is 5.83. The van der Waals surface area contributed by atoms with Crippen molar-refractivity contribution in [2.75, 3.05) is 0 Å². The molecule has 0 saturated heterocycles. The van der Waals surface area contributed by atoms with Crippen molar-refractivity contribution >= 4 is 21.8 Å². The molecule has 0 atom stereocenters. The summed E-state index contributed by atoms with van der Waals surface area (Å²) in [5, 5.41) is 7.65. The molecule has 3 heterocycles. The Bertz CT molecular complexity index is 2230. The molecule has 5 heteroatoms. The zero-order valence-electron chi connectivity index (χ0n) is 28.9. The van der Waals surface area contributed by atoms with Gasteiger partial charge in [-0.2, -0.15) is 5.10 Å². The van der Waals surface area contributed by atoms with Crippen LogP contribution in [0.15, 0.2) is 109 Å². The van der Waals surface area contributed by atoms with Gasteiger partial charge in [-0.25, -0.2) is 9.67 Å². The molecule has 4 aromatic carbocycles. The molecule has 0 radical (unpaired) electrons. The molecule has 0 unspecified atom stereocenters. The van der Waals surface area contributed by atoms with Gasteiger partial charge < -0.3 is 4.74 Å². The third-order valence-electron chi connectivity index (χ3n) is 9.20. The van der Waals surface area contributed by atoms with E-state index < -0.39 is 0 Å². The molecule has 0 aliphatic heterocycles. The quantitative estimate of drug-likeness (QED) is 0.159. The van der Waals surface area contributed by atoms with Crippen LogP contribution in [0, 0.1) is 0 Å². The lowest BCUT2D eigenvalue weighted by Crippen LogP contribution is -2.18. The van der Waals surface area contributed by atoms with Gasteiger partial charge in [0.05, 0.1) is 28.1 Å². The molecule has 0 N–H and O–H groups in total. The topological polar surface area (TPSA) is 44.9 Å². The predicted octanol–water partition coefficient (Wildman–Crippen LogP) is 11.2. The third-order valence-corrected chi connectivity index (χ3v) is 9.20. The smallest absolute Gasteiger partial charge is 0.137 e. The van der Waals surface area contributed by atoms with Crippen LogP contribution < -0.4 is 4.74 Å². The van der Waals surface area contributed by atoms with Crippen molar-refractivity contribution < 1.29 is 4.74 Å². The first-order chi connectivity index (χ1) is 23.3. The second kappa shape index (κ2) is 12.8. The number of pyridine rings is 1. The van der Waals surface area contributed by atoms with Crippen LogP contribution in [0.1, 0.15) is 70.5 Å². The standard InChI is InChI=1S/C43H44N4O/c1-7-13-37-41(31-20-18-29(8-2)19-21-31)42(43(4,5)6)47(45-37)32-14-12-15-33(27-32)48-34-22-23-36-35-16-10-11-17-38(35)46(39(36)28-34)40-26-30(9-3)24-25-44-40/h10-12,14-28H,7-9,13H2,1-6H3. The fourth-order valence-electron chi connectivity index (χ4n) is 6.84. The number of hydrogen-bond donors (Lipinski definition) is 0. The lowest BCUT2D eigenvalue weighted by atomic mass is 9.85. The molecule has 0 spiro atoms. The molecule has 3 aromatic heterocycles. The van der Waals surface area contributed by atoms with E-state index >= 15 is 0 Å². The summed E-state index contributed by atoms with van der Waals surface area (Å²) in [6, 6.07) is 36.5. The zero-order valence-corrected chi connectivity index (χ0v) is 28.9. The molecular formula is C43H44N4O. The highest BCUT2D eigenvalue weighted by Gasteiger charge is 2.29. The van der Waals surface area contributed by atoms with Gasteiger partial charge in [-0.3, -0.25) is 4.57 Å². The third kappa shape index (κ3) is 5.79. The lowest BCUT2D eigenvalue weighted by Gasteiger charge is -2.23. The highest BCUT2D eigenvalue weighted by Crippen LogP contribution is 2.39. The summed E-state index contributed by atoms with van der Waals surface area (Å²) in [4.78, 5) is 4.78. The van der Waals surface area contributed by atoms with Gasteiger partial charge in [-0.15, -0.1) is 0 Å². The summed E-state index contributed by atoms with van der Waals surface area (Å²) in [5.41, 5.74) is 10.5. The van der Waals surface area contributed by atoms with E-state index in [4.69, 9.17) is 14.8 Å². The maximum atomic E-state index is 6.63. The van der Waals surface area contributed by atoms with Crippen LogP contribution in [-0.2, 0) is 24.7 Å². The Balaban J connectivity index is 1.32. The summed E-state index contributed by atoms with van der Waals surface area (Å²) in [6.45, 7) is 13.4. The van der Waals surface area contributed by atoms with Gasteiger partial charge in [-0.1, -0.05) is 96.5 Å². The van der Waals surface area contributed by atoms with Gasteiger partial charge in [0.25, 0.3) is 0 Å². The summed E-state index contributed by atoms with van der Waals surface area (Å²) < 4.78 is 11.0. The number of para-hydroxylation sites is 1. The Morgan fingerprint density at radius 2 is 1.44 bits per heavy atom. The number of benzene rings is 4. The molecule has 48 heavy (non-hydrogen) atoms. The Morgan fingerprint density at radius 3 is 2.19 bits per heavy atom. The van der Waals surface area contributed by atoms with Crippen LogP contribution in [0.2, 0.25) is 0 Å². The molecule has 0 fully saturated rings. The van der Waals surface area contributed by atoms with E-state index in [-0.39, 0.29) is 5.41 Å². The first kappa shape index (κ1) is 31.4. The molecule has 5 nitrogen and oxygen atoms in total. The fraction of sp³-hybridized carbons (Fsp3) is 0.256. The summed E-state index contributed by atoms with van der Waals surface area (Å²) in [5.74, 6) is 2.45. The second-order valence-electron chi connectivity index (χ2n) is 13.6. The minimum Gasteiger partial charge on any atom is -0.457 e.